The molecule has 4 bridgehead atoms. The zero-order valence-corrected chi connectivity index (χ0v) is 11.5. The van der Waals surface area contributed by atoms with Crippen LogP contribution in [0, 0.1) is 28.6 Å². The van der Waals surface area contributed by atoms with Crippen molar-refractivity contribution in [3.05, 3.63) is 0 Å². The predicted octanol–water partition coefficient (Wildman–Crippen LogP) is 2.58. The molecule has 0 saturated heterocycles. The molecule has 17 heavy (non-hydrogen) atoms. The quantitative estimate of drug-likeness (QED) is 0.681. The highest BCUT2D eigenvalue weighted by Gasteiger charge is 2.72. The fourth-order valence-electron chi connectivity index (χ4n) is 5.82. The van der Waals surface area contributed by atoms with Crippen molar-refractivity contribution >= 4 is 0 Å². The van der Waals surface area contributed by atoms with E-state index >= 15 is 0 Å². The third-order valence-electron chi connectivity index (χ3n) is 7.01. The molecule has 4 aliphatic carbocycles. The Labute approximate surface area is 104 Å². The summed E-state index contributed by atoms with van der Waals surface area (Å²) >= 11 is 0. The zero-order valence-electron chi connectivity index (χ0n) is 11.5. The minimum absolute atomic E-state index is 0.0810. The topological polar surface area (TPSA) is 40.5 Å². The van der Waals surface area contributed by atoms with Gasteiger partial charge in [-0.15, -0.1) is 0 Å². The normalized spacial score (nSPS) is 60.4. The zero-order chi connectivity index (χ0) is 12.6. The molecule has 0 heterocycles. The maximum Gasteiger partial charge on any atom is 0.0759 e. The van der Waals surface area contributed by atoms with E-state index < -0.39 is 5.60 Å². The van der Waals surface area contributed by atoms with Crippen molar-refractivity contribution in [1.82, 2.24) is 0 Å². The van der Waals surface area contributed by atoms with E-state index in [-0.39, 0.29) is 22.9 Å². The second-order valence-electron chi connectivity index (χ2n) is 7.74. The molecule has 4 saturated carbocycles. The van der Waals surface area contributed by atoms with E-state index in [1.165, 1.54) is 0 Å². The fraction of sp³-hybridized carbons (Fsp3) is 1.00. The van der Waals surface area contributed by atoms with Gasteiger partial charge in [-0.05, 0) is 48.9 Å². The van der Waals surface area contributed by atoms with Gasteiger partial charge in [0.1, 0.15) is 0 Å². The van der Waals surface area contributed by atoms with Crippen molar-refractivity contribution in [2.24, 2.45) is 28.6 Å². The molecule has 0 aromatic carbocycles. The van der Waals surface area contributed by atoms with Crippen LogP contribution in [0.5, 0.6) is 0 Å². The summed E-state index contributed by atoms with van der Waals surface area (Å²) < 4.78 is 0. The predicted molar refractivity (Wildman–Crippen MR) is 67.5 cm³/mol. The largest absolute Gasteiger partial charge is 0.393 e. The molecule has 2 N–H and O–H groups in total. The highest BCUT2D eigenvalue weighted by Crippen LogP contribution is 2.71. The lowest BCUT2D eigenvalue weighted by molar-refractivity contribution is -0.315. The van der Waals surface area contributed by atoms with E-state index in [9.17, 15) is 10.2 Å². The SMILES string of the molecule is C[C@H]1CC[C@@]2(O)C(C)(C)[C@H]3C[C@@H]1[C@@]2(C)C[C@H]3O. The van der Waals surface area contributed by atoms with E-state index in [2.05, 4.69) is 27.7 Å². The Morgan fingerprint density at radius 3 is 2.41 bits per heavy atom. The average molecular weight is 238 g/mol. The average Bonchev–Trinajstić information content (AvgIpc) is 2.21. The van der Waals surface area contributed by atoms with Crippen molar-refractivity contribution in [1.29, 1.82) is 0 Å². The van der Waals surface area contributed by atoms with Gasteiger partial charge in [0.15, 0.2) is 0 Å². The first-order valence-corrected chi connectivity index (χ1v) is 7.14. The van der Waals surface area contributed by atoms with Crippen molar-refractivity contribution in [3.8, 4) is 0 Å². The van der Waals surface area contributed by atoms with Crippen LogP contribution < -0.4 is 0 Å². The standard InChI is InChI=1S/C15H26O2/c1-9-5-6-15(17)13(2,3)11-7-10(9)14(15,4)8-12(11)16/h9-12,16-17H,5-8H2,1-4H3/t9-,10-,11-,12+,14+,15+/m0/s1. The Hall–Kier alpha value is -0.0800. The molecule has 0 spiro atoms. The molecule has 4 fully saturated rings. The van der Waals surface area contributed by atoms with Gasteiger partial charge in [-0.1, -0.05) is 27.7 Å². The van der Waals surface area contributed by atoms with Crippen molar-refractivity contribution in [2.75, 3.05) is 0 Å². The highest BCUT2D eigenvalue weighted by molar-refractivity contribution is 5.21. The maximum absolute atomic E-state index is 11.3. The number of aliphatic hydroxyl groups excluding tert-OH is 1. The molecular weight excluding hydrogens is 212 g/mol. The van der Waals surface area contributed by atoms with Gasteiger partial charge in [-0.25, -0.2) is 0 Å². The Bertz CT molecular complexity index is 351. The minimum atomic E-state index is -0.570. The second kappa shape index (κ2) is 3.08. The van der Waals surface area contributed by atoms with E-state index in [4.69, 9.17) is 0 Å². The molecule has 2 nitrogen and oxygen atoms in total. The number of rotatable bonds is 0. The van der Waals surface area contributed by atoms with Crippen LogP contribution >= 0.6 is 0 Å². The summed E-state index contributed by atoms with van der Waals surface area (Å²) in [6.07, 6.45) is 3.75. The Morgan fingerprint density at radius 1 is 1.12 bits per heavy atom. The van der Waals surface area contributed by atoms with E-state index in [0.717, 1.165) is 25.7 Å². The van der Waals surface area contributed by atoms with Crippen LogP contribution in [0.25, 0.3) is 0 Å². The lowest BCUT2D eigenvalue weighted by Crippen LogP contribution is -2.74. The Balaban J connectivity index is 2.14. The molecule has 0 unspecified atom stereocenters. The van der Waals surface area contributed by atoms with Gasteiger partial charge in [0.2, 0.25) is 0 Å². The highest BCUT2D eigenvalue weighted by atomic mass is 16.3. The number of hydrogen-bond donors (Lipinski definition) is 2. The van der Waals surface area contributed by atoms with Crippen LogP contribution in [0.3, 0.4) is 0 Å². The van der Waals surface area contributed by atoms with Gasteiger partial charge < -0.3 is 10.2 Å². The summed E-state index contributed by atoms with van der Waals surface area (Å²) in [6.45, 7) is 8.90. The summed E-state index contributed by atoms with van der Waals surface area (Å²) in [5, 5.41) is 21.6. The van der Waals surface area contributed by atoms with Gasteiger partial charge in [0.25, 0.3) is 0 Å². The molecule has 0 amide bonds. The molecule has 6 atom stereocenters. The molecule has 4 aliphatic rings. The van der Waals surface area contributed by atoms with Crippen LogP contribution in [0.4, 0.5) is 0 Å². The van der Waals surface area contributed by atoms with Crippen LogP contribution in [0.1, 0.15) is 53.4 Å². The summed E-state index contributed by atoms with van der Waals surface area (Å²) in [6, 6.07) is 0. The maximum atomic E-state index is 11.3. The first-order chi connectivity index (χ1) is 7.74. The number of aliphatic hydroxyl groups is 2. The second-order valence-corrected chi connectivity index (χ2v) is 7.74. The first kappa shape index (κ1) is 12.0. The molecule has 2 heteroatoms. The first-order valence-electron chi connectivity index (χ1n) is 7.14. The smallest absolute Gasteiger partial charge is 0.0759 e. The molecule has 0 aromatic heterocycles. The molecule has 0 radical (unpaired) electrons. The summed E-state index contributed by atoms with van der Waals surface area (Å²) in [5.41, 5.74) is -0.794. The fourth-order valence-corrected chi connectivity index (χ4v) is 5.82. The molecule has 4 rings (SSSR count). The Kier molecular flexibility index (Phi) is 2.17. The summed E-state index contributed by atoms with van der Waals surface area (Å²) in [5.74, 6) is 1.58. The molecule has 0 aromatic rings. The molecule has 98 valence electrons. The molecular formula is C15H26O2. The van der Waals surface area contributed by atoms with Gasteiger partial charge in [0.05, 0.1) is 11.7 Å². The van der Waals surface area contributed by atoms with Crippen LogP contribution in [-0.2, 0) is 0 Å². The van der Waals surface area contributed by atoms with E-state index in [1.807, 2.05) is 0 Å². The van der Waals surface area contributed by atoms with Crippen LogP contribution in [-0.4, -0.2) is 21.9 Å². The van der Waals surface area contributed by atoms with Crippen molar-refractivity contribution in [2.45, 2.75) is 65.1 Å². The monoisotopic (exact) mass is 238 g/mol. The van der Waals surface area contributed by atoms with Gasteiger partial charge >= 0.3 is 0 Å². The third-order valence-corrected chi connectivity index (χ3v) is 7.01. The lowest BCUT2D eigenvalue weighted by atomic mass is 9.35. The number of hydrogen-bond acceptors (Lipinski definition) is 2. The van der Waals surface area contributed by atoms with Crippen molar-refractivity contribution < 1.29 is 10.2 Å². The minimum Gasteiger partial charge on any atom is -0.393 e. The summed E-state index contributed by atoms with van der Waals surface area (Å²) in [7, 11) is 0. The Morgan fingerprint density at radius 2 is 1.76 bits per heavy atom. The number of fused-ring (bicyclic) bond motifs is 1. The van der Waals surface area contributed by atoms with E-state index in [0.29, 0.717) is 11.8 Å². The van der Waals surface area contributed by atoms with Crippen LogP contribution in [0.2, 0.25) is 0 Å². The van der Waals surface area contributed by atoms with Gasteiger partial charge in [0, 0.05) is 5.41 Å². The summed E-state index contributed by atoms with van der Waals surface area (Å²) in [4.78, 5) is 0. The molecule has 0 aliphatic heterocycles. The third kappa shape index (κ3) is 1.10. The lowest BCUT2D eigenvalue weighted by Gasteiger charge is -2.72. The van der Waals surface area contributed by atoms with Gasteiger partial charge in [-0.3, -0.25) is 0 Å². The van der Waals surface area contributed by atoms with Crippen molar-refractivity contribution in [3.63, 3.8) is 0 Å². The van der Waals surface area contributed by atoms with Crippen LogP contribution in [0.15, 0.2) is 0 Å². The van der Waals surface area contributed by atoms with E-state index in [1.54, 1.807) is 0 Å². The van der Waals surface area contributed by atoms with Gasteiger partial charge in [-0.2, -0.15) is 0 Å².